The lowest BCUT2D eigenvalue weighted by Gasteiger charge is -2.37. The fourth-order valence-corrected chi connectivity index (χ4v) is 3.32. The SMILES string of the molecule is COc1ccc([C@H](NC(=O)N2C[C@H](C)O[C@@H](C)C2)C(Cl)(Cl)Cl)cc1F. The Hall–Kier alpha value is -0.950. The van der Waals surface area contributed by atoms with Gasteiger partial charge in [-0.05, 0) is 31.5 Å². The number of amides is 2. The molecule has 0 aromatic heterocycles. The molecule has 9 heteroatoms. The molecule has 2 amide bonds. The number of nitrogens with one attached hydrogen (secondary N) is 1. The number of hydrogen-bond acceptors (Lipinski definition) is 3. The summed E-state index contributed by atoms with van der Waals surface area (Å²) in [5, 5.41) is 2.68. The minimum absolute atomic E-state index is 0.0639. The monoisotopic (exact) mass is 412 g/mol. The van der Waals surface area contributed by atoms with Gasteiger partial charge in [0.15, 0.2) is 11.6 Å². The highest BCUT2D eigenvalue weighted by Gasteiger charge is 2.37. The molecule has 1 aliphatic rings. The fraction of sp³-hybridized carbons (Fsp3) is 0.562. The van der Waals surface area contributed by atoms with E-state index in [9.17, 15) is 9.18 Å². The Kier molecular flexibility index (Phi) is 6.65. The maximum atomic E-state index is 14.0. The van der Waals surface area contributed by atoms with E-state index in [1.165, 1.54) is 19.2 Å². The van der Waals surface area contributed by atoms with Crippen molar-refractivity contribution in [2.24, 2.45) is 0 Å². The lowest BCUT2D eigenvalue weighted by molar-refractivity contribution is -0.0547. The van der Waals surface area contributed by atoms with Crippen LogP contribution >= 0.6 is 34.8 Å². The van der Waals surface area contributed by atoms with Crippen LogP contribution in [0.1, 0.15) is 25.5 Å². The van der Waals surface area contributed by atoms with E-state index in [0.29, 0.717) is 18.7 Å². The molecular formula is C16H20Cl3FN2O3. The number of halogens is 4. The average Bonchev–Trinajstić information content (AvgIpc) is 2.50. The predicted molar refractivity (Wildman–Crippen MR) is 96.1 cm³/mol. The molecular weight excluding hydrogens is 394 g/mol. The van der Waals surface area contributed by atoms with Crippen LogP contribution in [0.5, 0.6) is 5.75 Å². The van der Waals surface area contributed by atoms with Crippen molar-refractivity contribution < 1.29 is 18.7 Å². The Morgan fingerprint density at radius 1 is 1.36 bits per heavy atom. The fourth-order valence-electron chi connectivity index (χ4n) is 2.77. The van der Waals surface area contributed by atoms with Gasteiger partial charge in [-0.25, -0.2) is 9.18 Å². The Labute approximate surface area is 161 Å². The Morgan fingerprint density at radius 2 is 1.96 bits per heavy atom. The van der Waals surface area contributed by atoms with Crippen molar-refractivity contribution in [3.8, 4) is 5.75 Å². The number of hydrogen-bond donors (Lipinski definition) is 1. The van der Waals surface area contributed by atoms with Gasteiger partial charge in [-0.3, -0.25) is 0 Å². The summed E-state index contributed by atoms with van der Waals surface area (Å²) in [4.78, 5) is 14.2. The normalized spacial score (nSPS) is 22.4. The molecule has 1 heterocycles. The number of rotatable bonds is 3. The zero-order chi connectivity index (χ0) is 18.8. The van der Waals surface area contributed by atoms with Gasteiger partial charge in [0.25, 0.3) is 0 Å². The van der Waals surface area contributed by atoms with Gasteiger partial charge in [-0.2, -0.15) is 0 Å². The number of methoxy groups -OCH3 is 1. The summed E-state index contributed by atoms with van der Waals surface area (Å²) >= 11 is 18.1. The molecule has 1 saturated heterocycles. The van der Waals surface area contributed by atoms with E-state index in [1.54, 1.807) is 11.0 Å². The number of alkyl halides is 3. The second-order valence-electron chi connectivity index (χ2n) is 5.98. The molecule has 0 saturated carbocycles. The zero-order valence-electron chi connectivity index (χ0n) is 14.1. The lowest BCUT2D eigenvalue weighted by atomic mass is 10.1. The van der Waals surface area contributed by atoms with Crippen LogP contribution in [0.4, 0.5) is 9.18 Å². The van der Waals surface area contributed by atoms with E-state index in [-0.39, 0.29) is 18.0 Å². The molecule has 0 radical (unpaired) electrons. The Morgan fingerprint density at radius 3 is 2.44 bits per heavy atom. The molecule has 1 N–H and O–H groups in total. The Balaban J connectivity index is 2.21. The quantitative estimate of drug-likeness (QED) is 0.760. The van der Waals surface area contributed by atoms with Crippen molar-refractivity contribution in [3.63, 3.8) is 0 Å². The first-order valence-electron chi connectivity index (χ1n) is 7.73. The lowest BCUT2D eigenvalue weighted by Crippen LogP contribution is -2.53. The summed E-state index contributed by atoms with van der Waals surface area (Å²) < 4.78 is 22.6. The maximum Gasteiger partial charge on any atom is 0.318 e. The summed E-state index contributed by atoms with van der Waals surface area (Å²) in [7, 11) is 1.35. The predicted octanol–water partition coefficient (Wildman–Crippen LogP) is 4.06. The smallest absolute Gasteiger partial charge is 0.318 e. The minimum Gasteiger partial charge on any atom is -0.494 e. The first-order chi connectivity index (χ1) is 11.6. The third-order valence-electron chi connectivity index (χ3n) is 3.81. The van der Waals surface area contributed by atoms with Crippen LogP contribution in [0.15, 0.2) is 18.2 Å². The van der Waals surface area contributed by atoms with Crippen molar-refractivity contribution in [2.75, 3.05) is 20.2 Å². The van der Waals surface area contributed by atoms with Crippen LogP contribution in [0.2, 0.25) is 0 Å². The molecule has 25 heavy (non-hydrogen) atoms. The van der Waals surface area contributed by atoms with Crippen molar-refractivity contribution >= 4 is 40.8 Å². The topological polar surface area (TPSA) is 50.8 Å². The molecule has 140 valence electrons. The van der Waals surface area contributed by atoms with E-state index >= 15 is 0 Å². The number of benzene rings is 1. The minimum atomic E-state index is -1.86. The summed E-state index contributed by atoms with van der Waals surface area (Å²) in [6.45, 7) is 4.59. The molecule has 3 atom stereocenters. The average molecular weight is 414 g/mol. The summed E-state index contributed by atoms with van der Waals surface area (Å²) in [5.74, 6) is -0.545. The van der Waals surface area contributed by atoms with Gasteiger partial charge >= 0.3 is 6.03 Å². The number of carbonyl (C=O) groups excluding carboxylic acids is 1. The van der Waals surface area contributed by atoms with E-state index in [4.69, 9.17) is 44.3 Å². The van der Waals surface area contributed by atoms with Crippen molar-refractivity contribution in [3.05, 3.63) is 29.6 Å². The molecule has 0 bridgehead atoms. The molecule has 1 aliphatic heterocycles. The van der Waals surface area contributed by atoms with Crippen molar-refractivity contribution in [2.45, 2.75) is 35.9 Å². The maximum absolute atomic E-state index is 14.0. The van der Waals surface area contributed by atoms with Gasteiger partial charge < -0.3 is 19.7 Å². The van der Waals surface area contributed by atoms with Crippen LogP contribution in [0.25, 0.3) is 0 Å². The van der Waals surface area contributed by atoms with Gasteiger partial charge in [-0.15, -0.1) is 0 Å². The van der Waals surface area contributed by atoms with Gasteiger partial charge in [0.2, 0.25) is 3.79 Å². The molecule has 1 aromatic carbocycles. The third-order valence-corrected chi connectivity index (χ3v) is 4.47. The highest BCUT2D eigenvalue weighted by molar-refractivity contribution is 6.68. The van der Waals surface area contributed by atoms with Crippen LogP contribution in [0, 0.1) is 5.82 Å². The first kappa shape index (κ1) is 20.4. The number of carbonyl (C=O) groups is 1. The summed E-state index contributed by atoms with van der Waals surface area (Å²) in [5.41, 5.74) is 0.320. The van der Waals surface area contributed by atoms with Gasteiger partial charge in [0, 0.05) is 13.1 Å². The van der Waals surface area contributed by atoms with Gasteiger partial charge in [0.1, 0.15) is 6.04 Å². The van der Waals surface area contributed by atoms with Gasteiger partial charge in [0.05, 0.1) is 19.3 Å². The van der Waals surface area contributed by atoms with E-state index < -0.39 is 21.7 Å². The largest absolute Gasteiger partial charge is 0.494 e. The number of ether oxygens (including phenoxy) is 2. The van der Waals surface area contributed by atoms with Crippen LogP contribution in [-0.2, 0) is 4.74 Å². The van der Waals surface area contributed by atoms with Crippen molar-refractivity contribution in [1.82, 2.24) is 10.2 Å². The van der Waals surface area contributed by atoms with E-state index in [0.717, 1.165) is 0 Å². The highest BCUT2D eigenvalue weighted by Crippen LogP contribution is 2.40. The third kappa shape index (κ3) is 5.26. The summed E-state index contributed by atoms with van der Waals surface area (Å²) in [6, 6.07) is 2.70. The van der Waals surface area contributed by atoms with Gasteiger partial charge in [-0.1, -0.05) is 40.9 Å². The number of urea groups is 1. The first-order valence-corrected chi connectivity index (χ1v) is 8.86. The molecule has 2 rings (SSSR count). The molecule has 0 aliphatic carbocycles. The molecule has 5 nitrogen and oxygen atoms in total. The Bertz CT molecular complexity index is 617. The number of nitrogens with zero attached hydrogens (tertiary/aromatic N) is 1. The molecule has 0 unspecified atom stereocenters. The number of morpholine rings is 1. The molecule has 1 fully saturated rings. The van der Waals surface area contributed by atoms with Crippen LogP contribution in [0.3, 0.4) is 0 Å². The van der Waals surface area contributed by atoms with Crippen LogP contribution in [-0.4, -0.2) is 47.1 Å². The zero-order valence-corrected chi connectivity index (χ0v) is 16.3. The second kappa shape index (κ2) is 8.16. The van der Waals surface area contributed by atoms with E-state index in [1.807, 2.05) is 13.8 Å². The molecule has 0 spiro atoms. The second-order valence-corrected chi connectivity index (χ2v) is 8.35. The molecule has 1 aromatic rings. The van der Waals surface area contributed by atoms with Crippen LogP contribution < -0.4 is 10.1 Å². The summed E-state index contributed by atoms with van der Waals surface area (Å²) in [6.07, 6.45) is -0.196. The van der Waals surface area contributed by atoms with E-state index in [2.05, 4.69) is 5.32 Å². The standard InChI is InChI=1S/C16H20Cl3FN2O3/c1-9-7-22(8-10(2)25-9)15(23)21-14(16(17,18)19)11-4-5-13(24-3)12(20)6-11/h4-6,9-10,14H,7-8H2,1-3H3,(H,21,23)/t9-,10-,14-/m0/s1. The van der Waals surface area contributed by atoms with Crippen molar-refractivity contribution in [1.29, 1.82) is 0 Å². The highest BCUT2D eigenvalue weighted by atomic mass is 35.6.